The van der Waals surface area contributed by atoms with E-state index in [1.807, 2.05) is 47.2 Å². The number of hydrogen-bond acceptors (Lipinski definition) is 2. The Kier molecular flexibility index (Phi) is 5.29. The molecule has 0 saturated heterocycles. The van der Waals surface area contributed by atoms with Gasteiger partial charge in [-0.2, -0.15) is 0 Å². The number of imidazole rings is 1. The molecule has 0 radical (unpaired) electrons. The molecule has 1 aliphatic rings. The Morgan fingerprint density at radius 2 is 2.04 bits per heavy atom. The molecule has 0 fully saturated rings. The van der Waals surface area contributed by atoms with Crippen LogP contribution < -0.4 is 14.6 Å². The summed E-state index contributed by atoms with van der Waals surface area (Å²) in [6, 6.07) is 13.0. The molecule has 0 spiro atoms. The molecule has 0 bridgehead atoms. The summed E-state index contributed by atoms with van der Waals surface area (Å²) in [6.45, 7) is 1.15. The highest BCUT2D eigenvalue weighted by Crippen LogP contribution is 2.30. The number of aromatic nitrogens is 2. The van der Waals surface area contributed by atoms with Crippen LogP contribution in [0, 0.1) is 0 Å². The number of halogens is 2. The van der Waals surface area contributed by atoms with E-state index < -0.39 is 0 Å². The van der Waals surface area contributed by atoms with Gasteiger partial charge < -0.3 is 10.1 Å². The molecular formula is C21H20Cl2N3O2+. The van der Waals surface area contributed by atoms with Crippen molar-refractivity contribution in [3.05, 3.63) is 64.5 Å². The van der Waals surface area contributed by atoms with Crippen LogP contribution in [-0.2, 0) is 24.3 Å². The number of ether oxygens (including phenoxy) is 1. The molecule has 3 aromatic rings. The molecule has 144 valence electrons. The third-order valence-corrected chi connectivity index (χ3v) is 5.64. The number of hydrogen-bond donors (Lipinski definition) is 1. The highest BCUT2D eigenvalue weighted by atomic mass is 35.5. The molecule has 2 aromatic carbocycles. The lowest BCUT2D eigenvalue weighted by atomic mass is 10.1. The van der Waals surface area contributed by atoms with E-state index in [4.69, 9.17) is 27.9 Å². The highest BCUT2D eigenvalue weighted by molar-refractivity contribution is 6.42. The van der Waals surface area contributed by atoms with Crippen molar-refractivity contribution in [2.24, 2.45) is 0 Å². The van der Waals surface area contributed by atoms with Gasteiger partial charge in [0.25, 0.3) is 11.7 Å². The van der Waals surface area contributed by atoms with Gasteiger partial charge in [-0.3, -0.25) is 4.79 Å². The van der Waals surface area contributed by atoms with E-state index in [0.717, 1.165) is 36.5 Å². The summed E-state index contributed by atoms with van der Waals surface area (Å²) in [5.74, 6) is 1.67. The molecule has 0 atom stereocenters. The van der Waals surface area contributed by atoms with E-state index in [2.05, 4.69) is 9.88 Å². The fraction of sp³-hybridized carbons (Fsp3) is 0.238. The Hall–Kier alpha value is -2.50. The standard InChI is InChI=1S/C21H19Cl2N3O2/c1-28-19-6-3-2-5-17(19)24-20(27)13-25-12-18(26-10-4-7-21(25)26)14-8-9-15(22)16(23)11-14/h2-3,5-6,8-9,11-12H,4,7,10,13H2,1H3/p+1. The molecule has 0 saturated carbocycles. The van der Waals surface area contributed by atoms with E-state index >= 15 is 0 Å². The van der Waals surface area contributed by atoms with E-state index in [1.54, 1.807) is 13.2 Å². The van der Waals surface area contributed by atoms with Crippen LogP contribution in [0.25, 0.3) is 11.3 Å². The first-order valence-corrected chi connectivity index (χ1v) is 9.82. The number of anilines is 1. The van der Waals surface area contributed by atoms with Crippen molar-refractivity contribution >= 4 is 34.8 Å². The number of rotatable bonds is 5. The number of fused-ring (bicyclic) bond motifs is 1. The number of carbonyl (C=O) groups is 1. The molecule has 1 amide bonds. The van der Waals surface area contributed by atoms with Crippen molar-refractivity contribution < 1.29 is 14.1 Å². The average molecular weight is 417 g/mol. The summed E-state index contributed by atoms with van der Waals surface area (Å²) in [4.78, 5) is 12.7. The summed E-state index contributed by atoms with van der Waals surface area (Å²) >= 11 is 12.3. The second-order valence-electron chi connectivity index (χ2n) is 6.69. The predicted octanol–water partition coefficient (Wildman–Crippen LogP) is 4.34. The van der Waals surface area contributed by atoms with Crippen molar-refractivity contribution in [3.63, 3.8) is 0 Å². The monoisotopic (exact) mass is 416 g/mol. The van der Waals surface area contributed by atoms with Crippen LogP contribution >= 0.6 is 23.2 Å². The fourth-order valence-corrected chi connectivity index (χ4v) is 3.92. The normalized spacial score (nSPS) is 12.7. The molecule has 1 aliphatic heterocycles. The van der Waals surface area contributed by atoms with Gasteiger partial charge in [-0.25, -0.2) is 9.13 Å². The molecule has 5 nitrogen and oxygen atoms in total. The number of nitrogens with one attached hydrogen (secondary N) is 1. The summed E-state index contributed by atoms with van der Waals surface area (Å²) < 4.78 is 9.56. The summed E-state index contributed by atoms with van der Waals surface area (Å²) in [6.07, 6.45) is 4.00. The third-order valence-electron chi connectivity index (χ3n) is 4.90. The second kappa shape index (κ2) is 7.86. The first-order chi connectivity index (χ1) is 13.6. The van der Waals surface area contributed by atoms with Crippen molar-refractivity contribution in [1.29, 1.82) is 0 Å². The largest absolute Gasteiger partial charge is 0.495 e. The summed E-state index contributed by atoms with van der Waals surface area (Å²) in [7, 11) is 1.59. The van der Waals surface area contributed by atoms with Gasteiger partial charge in [0.05, 0.1) is 35.8 Å². The van der Waals surface area contributed by atoms with Gasteiger partial charge in [-0.15, -0.1) is 0 Å². The number of nitrogens with zero attached hydrogens (tertiary/aromatic N) is 2. The molecule has 0 unspecified atom stereocenters. The molecule has 1 N–H and O–H groups in total. The van der Waals surface area contributed by atoms with Crippen LogP contribution in [0.15, 0.2) is 48.7 Å². The Morgan fingerprint density at radius 3 is 2.82 bits per heavy atom. The third kappa shape index (κ3) is 3.60. The first-order valence-electron chi connectivity index (χ1n) is 9.07. The van der Waals surface area contributed by atoms with Gasteiger partial charge in [0.15, 0.2) is 12.2 Å². The van der Waals surface area contributed by atoms with Gasteiger partial charge in [0, 0.05) is 5.56 Å². The van der Waals surface area contributed by atoms with Crippen LogP contribution in [0.5, 0.6) is 5.75 Å². The fourth-order valence-electron chi connectivity index (χ4n) is 3.62. The SMILES string of the molecule is COc1ccccc1NC(=O)C[n+]1cc(-c2ccc(Cl)c(Cl)c2)n2c1CCC2. The smallest absolute Gasteiger partial charge is 0.266 e. The minimum atomic E-state index is -0.101. The molecular weight excluding hydrogens is 397 g/mol. The number of carbonyl (C=O) groups excluding carboxylic acids is 1. The van der Waals surface area contributed by atoms with Gasteiger partial charge in [-0.05, 0) is 36.8 Å². The minimum Gasteiger partial charge on any atom is -0.495 e. The zero-order valence-corrected chi connectivity index (χ0v) is 16.9. The van der Waals surface area contributed by atoms with E-state index in [-0.39, 0.29) is 12.5 Å². The van der Waals surface area contributed by atoms with Crippen molar-refractivity contribution in [2.75, 3.05) is 12.4 Å². The van der Waals surface area contributed by atoms with Crippen molar-refractivity contribution in [3.8, 4) is 17.0 Å². The van der Waals surface area contributed by atoms with Crippen LogP contribution in [-0.4, -0.2) is 17.6 Å². The first kappa shape index (κ1) is 18.8. The number of methoxy groups -OCH3 is 1. The number of amides is 1. The van der Waals surface area contributed by atoms with Gasteiger partial charge in [0.1, 0.15) is 11.9 Å². The van der Waals surface area contributed by atoms with Crippen LogP contribution in [0.1, 0.15) is 12.2 Å². The molecule has 4 rings (SSSR count). The lowest BCUT2D eigenvalue weighted by Gasteiger charge is -2.09. The van der Waals surface area contributed by atoms with Gasteiger partial charge >= 0.3 is 0 Å². The Balaban J connectivity index is 1.60. The predicted molar refractivity (Wildman–Crippen MR) is 110 cm³/mol. The Labute approximate surface area is 173 Å². The maximum Gasteiger partial charge on any atom is 0.266 e. The lowest BCUT2D eigenvalue weighted by molar-refractivity contribution is -0.690. The summed E-state index contributed by atoms with van der Waals surface area (Å²) in [5.41, 5.74) is 2.69. The van der Waals surface area contributed by atoms with Crippen molar-refractivity contribution in [1.82, 2.24) is 4.57 Å². The maximum atomic E-state index is 12.7. The lowest BCUT2D eigenvalue weighted by Crippen LogP contribution is -2.42. The van der Waals surface area contributed by atoms with Gasteiger partial charge in [-0.1, -0.05) is 35.3 Å². The molecule has 7 heteroatoms. The van der Waals surface area contributed by atoms with E-state index in [9.17, 15) is 4.79 Å². The molecule has 2 heterocycles. The minimum absolute atomic E-state index is 0.101. The zero-order chi connectivity index (χ0) is 19.7. The van der Waals surface area contributed by atoms with Crippen LogP contribution in [0.3, 0.4) is 0 Å². The second-order valence-corrected chi connectivity index (χ2v) is 7.51. The van der Waals surface area contributed by atoms with Crippen molar-refractivity contribution in [2.45, 2.75) is 25.9 Å². The quantitative estimate of drug-likeness (QED) is 0.628. The van der Waals surface area contributed by atoms with E-state index in [1.165, 1.54) is 0 Å². The molecule has 28 heavy (non-hydrogen) atoms. The molecule has 0 aliphatic carbocycles. The average Bonchev–Trinajstić information content (AvgIpc) is 3.28. The Morgan fingerprint density at radius 1 is 1.21 bits per heavy atom. The topological polar surface area (TPSA) is 47.1 Å². The summed E-state index contributed by atoms with van der Waals surface area (Å²) in [5, 5.41) is 3.99. The molecule has 1 aromatic heterocycles. The zero-order valence-electron chi connectivity index (χ0n) is 15.4. The number of para-hydroxylation sites is 2. The maximum absolute atomic E-state index is 12.7. The van der Waals surface area contributed by atoms with Crippen LogP contribution in [0.4, 0.5) is 5.69 Å². The van der Waals surface area contributed by atoms with Gasteiger partial charge in [0.2, 0.25) is 0 Å². The van der Waals surface area contributed by atoms with E-state index in [0.29, 0.717) is 21.5 Å². The Bertz CT molecular complexity index is 1050. The van der Waals surface area contributed by atoms with Crippen LogP contribution in [0.2, 0.25) is 10.0 Å². The number of benzene rings is 2. The highest BCUT2D eigenvalue weighted by Gasteiger charge is 2.30.